The Morgan fingerprint density at radius 1 is 1.21 bits per heavy atom. The molecule has 1 amide bonds. The fourth-order valence-corrected chi connectivity index (χ4v) is 6.48. The van der Waals surface area contributed by atoms with Crippen molar-refractivity contribution in [3.05, 3.63) is 60.1 Å². The maximum absolute atomic E-state index is 12.6. The number of carbonyl (C=O) groups is 1. The third-order valence-electron chi connectivity index (χ3n) is 8.68. The van der Waals surface area contributed by atoms with Gasteiger partial charge in [0.15, 0.2) is 0 Å². The fraction of sp³-hybridized carbons (Fsp3) is 0.469. The smallest absolute Gasteiger partial charge is 0.318 e. The van der Waals surface area contributed by atoms with Gasteiger partial charge < -0.3 is 24.3 Å². The normalized spacial score (nSPS) is 22.2. The number of rotatable bonds is 7. The second-order valence-electron chi connectivity index (χ2n) is 11.3. The molecule has 3 aliphatic rings. The number of anilines is 2. The number of hydrogen-bond donors (Lipinski definition) is 0. The van der Waals surface area contributed by atoms with Gasteiger partial charge in [0.1, 0.15) is 12.4 Å². The van der Waals surface area contributed by atoms with Gasteiger partial charge in [-0.15, -0.1) is 0 Å². The molecule has 42 heavy (non-hydrogen) atoms. The summed E-state index contributed by atoms with van der Waals surface area (Å²) >= 11 is 0. The van der Waals surface area contributed by atoms with Crippen molar-refractivity contribution >= 4 is 28.2 Å². The highest BCUT2D eigenvalue weighted by Crippen LogP contribution is 2.35. The number of likely N-dealkylation sites (N-methyl/N-ethyl adjacent to an activating group) is 1. The third kappa shape index (κ3) is 5.37. The molecule has 2 atom stereocenters. The van der Waals surface area contributed by atoms with Crippen molar-refractivity contribution in [1.82, 2.24) is 24.8 Å². The maximum Gasteiger partial charge on any atom is 0.318 e. The number of piperazine rings is 1. The molecule has 10 heteroatoms. The number of pyridine rings is 1. The van der Waals surface area contributed by atoms with E-state index in [9.17, 15) is 10.1 Å². The molecule has 0 saturated carbocycles. The number of aryl methyl sites for hydroxylation is 1. The Bertz CT molecular complexity index is 1640. The molecule has 2 saturated heterocycles. The minimum absolute atomic E-state index is 0.172. The van der Waals surface area contributed by atoms with Crippen LogP contribution >= 0.6 is 0 Å². The van der Waals surface area contributed by atoms with Crippen LogP contribution in [0.1, 0.15) is 40.2 Å². The van der Waals surface area contributed by atoms with E-state index in [1.54, 1.807) is 4.90 Å². The topological polar surface area (TPSA) is 102 Å². The van der Waals surface area contributed by atoms with Gasteiger partial charge >= 0.3 is 6.01 Å². The molecule has 0 N–H and O–H groups in total. The maximum atomic E-state index is 12.6. The molecule has 5 heterocycles. The molecule has 0 bridgehead atoms. The van der Waals surface area contributed by atoms with Crippen molar-refractivity contribution in [2.75, 3.05) is 56.1 Å². The van der Waals surface area contributed by atoms with Crippen LogP contribution in [-0.4, -0.2) is 89.0 Å². The van der Waals surface area contributed by atoms with Crippen LogP contribution in [0.25, 0.3) is 10.8 Å². The standard InChI is InChI=1S/C32H38N8O2/c1-4-29(41)40-16-15-39(19-24(40)10-12-33)31-26-11-14-38(28-18-34-17-23-8-5-7-22(2)30(23)28)20-27(26)35-32(36-31)42-21-25-9-6-13-37(25)3/h4-5,7-8,17-18,24-25H,1,6,9-11,13-16,19-21H2,2-3H3/t24-,25-/m0/s1/i3D3. The van der Waals surface area contributed by atoms with Crippen molar-refractivity contribution in [1.29, 1.82) is 5.26 Å². The molecule has 218 valence electrons. The van der Waals surface area contributed by atoms with Crippen LogP contribution in [0.2, 0.25) is 0 Å². The average molecular weight is 570 g/mol. The minimum atomic E-state index is -2.18. The van der Waals surface area contributed by atoms with Crippen LogP contribution in [-0.2, 0) is 17.8 Å². The predicted molar refractivity (Wildman–Crippen MR) is 163 cm³/mol. The quantitative estimate of drug-likeness (QED) is 0.396. The largest absolute Gasteiger partial charge is 0.462 e. The highest BCUT2D eigenvalue weighted by atomic mass is 16.5. The van der Waals surface area contributed by atoms with Gasteiger partial charge in [0.2, 0.25) is 5.91 Å². The lowest BCUT2D eigenvalue weighted by molar-refractivity contribution is -0.128. The number of ether oxygens (including phenoxy) is 1. The van der Waals surface area contributed by atoms with Crippen LogP contribution in [0.15, 0.2) is 43.2 Å². The van der Waals surface area contributed by atoms with Crippen molar-refractivity contribution in [3.63, 3.8) is 0 Å². The number of nitrogens with zero attached hydrogens (tertiary/aromatic N) is 8. The Morgan fingerprint density at radius 3 is 2.95 bits per heavy atom. The Morgan fingerprint density at radius 2 is 2.12 bits per heavy atom. The summed E-state index contributed by atoms with van der Waals surface area (Å²) in [6.45, 7) is 6.92. The summed E-state index contributed by atoms with van der Waals surface area (Å²) in [6, 6.07) is 8.09. The Hall–Kier alpha value is -4.23. The lowest BCUT2D eigenvalue weighted by Gasteiger charge is -2.42. The van der Waals surface area contributed by atoms with Gasteiger partial charge in [0, 0.05) is 58.9 Å². The zero-order valence-corrected chi connectivity index (χ0v) is 24.0. The van der Waals surface area contributed by atoms with E-state index in [2.05, 4.69) is 46.5 Å². The molecule has 2 fully saturated rings. The summed E-state index contributed by atoms with van der Waals surface area (Å²) < 4.78 is 30.0. The van der Waals surface area contributed by atoms with E-state index in [1.165, 1.54) is 16.5 Å². The molecule has 0 radical (unpaired) electrons. The number of amides is 1. The van der Waals surface area contributed by atoms with E-state index in [1.807, 2.05) is 18.5 Å². The summed E-state index contributed by atoms with van der Waals surface area (Å²) in [4.78, 5) is 34.5. The fourth-order valence-electron chi connectivity index (χ4n) is 6.48. The van der Waals surface area contributed by atoms with Gasteiger partial charge in [-0.25, -0.2) is 0 Å². The second kappa shape index (κ2) is 11.9. The summed E-state index contributed by atoms with van der Waals surface area (Å²) in [5.74, 6) is 0.559. The SMILES string of the molecule is [2H]C([2H])([2H])N1CCC[C@H]1COc1nc2c(c(N3CCN(C(=O)C=C)[C@@H](CC#N)C3)n1)CCN(c1cncc3cccc(C)c13)C2. The van der Waals surface area contributed by atoms with E-state index in [-0.39, 0.29) is 37.0 Å². The molecular formula is C32H38N8O2. The molecule has 3 aliphatic heterocycles. The molecule has 0 unspecified atom stereocenters. The van der Waals surface area contributed by atoms with Gasteiger partial charge in [-0.2, -0.15) is 15.2 Å². The Labute approximate surface area is 251 Å². The van der Waals surface area contributed by atoms with Crippen LogP contribution in [0.4, 0.5) is 11.5 Å². The van der Waals surface area contributed by atoms with Crippen LogP contribution in [0.3, 0.4) is 0 Å². The monoisotopic (exact) mass is 569 g/mol. The summed E-state index contributed by atoms with van der Waals surface area (Å²) in [6.07, 6.45) is 7.50. The summed E-state index contributed by atoms with van der Waals surface area (Å²) in [7, 11) is 0. The average Bonchev–Trinajstić information content (AvgIpc) is 3.53. The van der Waals surface area contributed by atoms with Gasteiger partial charge in [-0.1, -0.05) is 24.8 Å². The van der Waals surface area contributed by atoms with Gasteiger partial charge in [-0.05, 0) is 51.3 Å². The Kier molecular flexibility index (Phi) is 6.93. The number of hydrogen-bond acceptors (Lipinski definition) is 9. The zero-order valence-electron chi connectivity index (χ0n) is 27.0. The number of nitriles is 1. The lowest BCUT2D eigenvalue weighted by Crippen LogP contribution is -2.55. The van der Waals surface area contributed by atoms with Crippen molar-refractivity contribution < 1.29 is 13.6 Å². The number of fused-ring (bicyclic) bond motifs is 2. The third-order valence-corrected chi connectivity index (χ3v) is 8.68. The Balaban J connectivity index is 1.34. The minimum Gasteiger partial charge on any atom is -0.462 e. The molecule has 0 aliphatic carbocycles. The van der Waals surface area contributed by atoms with E-state index < -0.39 is 6.98 Å². The lowest BCUT2D eigenvalue weighted by atomic mass is 10.0. The van der Waals surface area contributed by atoms with Crippen molar-refractivity contribution in [3.8, 4) is 12.1 Å². The molecule has 0 spiro atoms. The van der Waals surface area contributed by atoms with Gasteiger partial charge in [0.25, 0.3) is 0 Å². The van der Waals surface area contributed by atoms with Crippen LogP contribution in [0, 0.1) is 18.3 Å². The highest BCUT2D eigenvalue weighted by Gasteiger charge is 2.33. The summed E-state index contributed by atoms with van der Waals surface area (Å²) in [5.41, 5.74) is 4.08. The summed E-state index contributed by atoms with van der Waals surface area (Å²) in [5, 5.41) is 11.8. The molecule has 3 aromatic rings. The molecule has 2 aromatic heterocycles. The predicted octanol–water partition coefficient (Wildman–Crippen LogP) is 3.49. The van der Waals surface area contributed by atoms with Crippen LogP contribution < -0.4 is 14.5 Å². The number of benzene rings is 1. The van der Waals surface area contributed by atoms with Crippen molar-refractivity contribution in [2.24, 2.45) is 0 Å². The second-order valence-corrected chi connectivity index (χ2v) is 11.3. The molecule has 1 aromatic carbocycles. The van der Waals surface area contributed by atoms with E-state index >= 15 is 0 Å². The highest BCUT2D eigenvalue weighted by molar-refractivity contribution is 5.96. The first kappa shape index (κ1) is 24.4. The molecular weight excluding hydrogens is 528 g/mol. The first-order chi connectivity index (χ1) is 21.7. The van der Waals surface area contributed by atoms with E-state index in [4.69, 9.17) is 18.8 Å². The molecule has 6 rings (SSSR count). The van der Waals surface area contributed by atoms with Crippen LogP contribution in [0.5, 0.6) is 6.01 Å². The van der Waals surface area contributed by atoms with E-state index in [0.29, 0.717) is 39.1 Å². The first-order valence-corrected chi connectivity index (χ1v) is 14.6. The number of likely N-dealkylation sites (tertiary alicyclic amines) is 1. The number of aromatic nitrogens is 3. The van der Waals surface area contributed by atoms with Crippen molar-refractivity contribution in [2.45, 2.75) is 51.2 Å². The van der Waals surface area contributed by atoms with Gasteiger partial charge in [0.05, 0.1) is 42.7 Å². The van der Waals surface area contributed by atoms with Gasteiger partial charge in [-0.3, -0.25) is 9.78 Å². The first-order valence-electron chi connectivity index (χ1n) is 16.1. The number of carbonyl (C=O) groups excluding carboxylic acids is 1. The van der Waals surface area contributed by atoms with E-state index in [0.717, 1.165) is 52.9 Å². The molecule has 10 nitrogen and oxygen atoms in total. The zero-order chi connectivity index (χ0) is 31.7.